The summed E-state index contributed by atoms with van der Waals surface area (Å²) in [6, 6.07) is 8.55. The van der Waals surface area contributed by atoms with E-state index in [2.05, 4.69) is 31.2 Å². The minimum absolute atomic E-state index is 0.297. The quantitative estimate of drug-likeness (QED) is 0.858. The molecule has 1 saturated heterocycles. The van der Waals surface area contributed by atoms with E-state index in [-0.39, 0.29) is 0 Å². The van der Waals surface area contributed by atoms with Crippen molar-refractivity contribution in [2.24, 2.45) is 5.73 Å². The number of hydrogen-bond donors (Lipinski definition) is 1. The zero-order chi connectivity index (χ0) is 13.5. The molecule has 0 saturated carbocycles. The zero-order valence-corrected chi connectivity index (χ0v) is 11.8. The van der Waals surface area contributed by atoms with Crippen LogP contribution < -0.4 is 5.73 Å². The Morgan fingerprint density at radius 2 is 2.11 bits per heavy atom. The fourth-order valence-electron chi connectivity index (χ4n) is 2.33. The second kappa shape index (κ2) is 7.63. The Balaban J connectivity index is 1.73. The Hall–Kier alpha value is -0.900. The Kier molecular flexibility index (Phi) is 5.83. The van der Waals surface area contributed by atoms with Gasteiger partial charge in [-0.1, -0.05) is 31.2 Å². The van der Waals surface area contributed by atoms with Gasteiger partial charge in [-0.3, -0.25) is 0 Å². The lowest BCUT2D eigenvalue weighted by molar-refractivity contribution is -0.0447. The molecular weight excluding hydrogens is 238 g/mol. The molecule has 19 heavy (non-hydrogen) atoms. The van der Waals surface area contributed by atoms with Crippen molar-refractivity contribution in [1.82, 2.24) is 0 Å². The third-order valence-electron chi connectivity index (χ3n) is 3.75. The van der Waals surface area contributed by atoms with Gasteiger partial charge in [0.2, 0.25) is 0 Å². The van der Waals surface area contributed by atoms with Crippen LogP contribution in [0.1, 0.15) is 43.2 Å². The first-order valence-electron chi connectivity index (χ1n) is 7.28. The second-order valence-electron chi connectivity index (χ2n) is 5.38. The molecule has 1 fully saturated rings. The van der Waals surface area contributed by atoms with Crippen LogP contribution in [0.25, 0.3) is 0 Å². The van der Waals surface area contributed by atoms with Crippen molar-refractivity contribution >= 4 is 0 Å². The lowest BCUT2D eigenvalue weighted by atomic mass is 10.0. The molecule has 1 aliphatic rings. The monoisotopic (exact) mass is 263 g/mol. The van der Waals surface area contributed by atoms with Crippen LogP contribution in [-0.2, 0) is 16.1 Å². The Labute approximate surface area is 116 Å². The van der Waals surface area contributed by atoms with E-state index in [1.807, 2.05) is 0 Å². The molecule has 1 aliphatic heterocycles. The van der Waals surface area contributed by atoms with Crippen LogP contribution in [0.3, 0.4) is 0 Å². The summed E-state index contributed by atoms with van der Waals surface area (Å²) in [5, 5.41) is 0. The molecule has 2 unspecified atom stereocenters. The predicted molar refractivity (Wildman–Crippen MR) is 77.2 cm³/mol. The molecule has 0 bridgehead atoms. The van der Waals surface area contributed by atoms with E-state index in [4.69, 9.17) is 15.2 Å². The molecule has 0 amide bonds. The summed E-state index contributed by atoms with van der Waals surface area (Å²) in [5.41, 5.74) is 8.17. The highest BCUT2D eigenvalue weighted by Gasteiger charge is 2.13. The zero-order valence-electron chi connectivity index (χ0n) is 11.8. The lowest BCUT2D eigenvalue weighted by Gasteiger charge is -2.22. The minimum atomic E-state index is 0.297. The number of nitrogens with two attached hydrogens (primary N) is 1. The maximum Gasteiger partial charge on any atom is 0.0808 e. The summed E-state index contributed by atoms with van der Waals surface area (Å²) < 4.78 is 11.4. The molecule has 1 heterocycles. The van der Waals surface area contributed by atoms with Gasteiger partial charge in [0.1, 0.15) is 0 Å². The molecule has 2 atom stereocenters. The van der Waals surface area contributed by atoms with Gasteiger partial charge in [0.15, 0.2) is 0 Å². The molecule has 2 rings (SSSR count). The molecule has 1 aromatic carbocycles. The van der Waals surface area contributed by atoms with Gasteiger partial charge in [0, 0.05) is 6.61 Å². The second-order valence-corrected chi connectivity index (χ2v) is 5.38. The number of rotatable bonds is 6. The first-order valence-corrected chi connectivity index (χ1v) is 7.28. The van der Waals surface area contributed by atoms with Gasteiger partial charge < -0.3 is 15.2 Å². The molecule has 0 spiro atoms. The number of benzene rings is 1. The van der Waals surface area contributed by atoms with Gasteiger partial charge in [-0.05, 0) is 42.9 Å². The smallest absolute Gasteiger partial charge is 0.0808 e. The molecule has 2 N–H and O–H groups in total. The summed E-state index contributed by atoms with van der Waals surface area (Å²) in [4.78, 5) is 0. The van der Waals surface area contributed by atoms with Gasteiger partial charge >= 0.3 is 0 Å². The molecule has 3 nitrogen and oxygen atoms in total. The molecule has 0 aromatic heterocycles. The van der Waals surface area contributed by atoms with Gasteiger partial charge in [0.05, 0.1) is 19.3 Å². The predicted octanol–water partition coefficient (Wildman–Crippen LogP) is 2.83. The van der Waals surface area contributed by atoms with E-state index in [1.165, 1.54) is 24.0 Å². The number of ether oxygens (including phenoxy) is 2. The van der Waals surface area contributed by atoms with Gasteiger partial charge in [0.25, 0.3) is 0 Å². The molecule has 106 valence electrons. The Morgan fingerprint density at radius 3 is 2.74 bits per heavy atom. The van der Waals surface area contributed by atoms with E-state index in [0.717, 1.165) is 13.0 Å². The Morgan fingerprint density at radius 1 is 1.32 bits per heavy atom. The third kappa shape index (κ3) is 4.60. The van der Waals surface area contributed by atoms with Crippen molar-refractivity contribution in [3.63, 3.8) is 0 Å². The lowest BCUT2D eigenvalue weighted by Crippen LogP contribution is -2.24. The molecule has 0 aliphatic carbocycles. The number of hydrogen-bond acceptors (Lipinski definition) is 3. The van der Waals surface area contributed by atoms with E-state index in [9.17, 15) is 0 Å². The van der Waals surface area contributed by atoms with Crippen molar-refractivity contribution in [3.05, 3.63) is 35.4 Å². The average Bonchev–Trinajstić information content (AvgIpc) is 2.48. The SMILES string of the molecule is CC(CN)c1ccc(COCC2CCCCO2)cc1. The van der Waals surface area contributed by atoms with Crippen LogP contribution in [0.2, 0.25) is 0 Å². The summed E-state index contributed by atoms with van der Waals surface area (Å²) in [7, 11) is 0. The van der Waals surface area contributed by atoms with E-state index >= 15 is 0 Å². The van der Waals surface area contributed by atoms with Crippen molar-refractivity contribution in [2.75, 3.05) is 19.8 Å². The van der Waals surface area contributed by atoms with E-state index in [0.29, 0.717) is 31.8 Å². The highest BCUT2D eigenvalue weighted by molar-refractivity contribution is 5.24. The fraction of sp³-hybridized carbons (Fsp3) is 0.625. The van der Waals surface area contributed by atoms with Crippen LogP contribution in [0.15, 0.2) is 24.3 Å². The minimum Gasteiger partial charge on any atom is -0.376 e. The topological polar surface area (TPSA) is 44.5 Å². The summed E-state index contributed by atoms with van der Waals surface area (Å²) in [6.45, 7) is 5.10. The van der Waals surface area contributed by atoms with Crippen molar-refractivity contribution in [2.45, 2.75) is 44.8 Å². The highest BCUT2D eigenvalue weighted by atomic mass is 16.5. The maximum absolute atomic E-state index is 5.74. The van der Waals surface area contributed by atoms with Crippen molar-refractivity contribution in [3.8, 4) is 0 Å². The maximum atomic E-state index is 5.74. The van der Waals surface area contributed by atoms with Crippen LogP contribution in [0, 0.1) is 0 Å². The van der Waals surface area contributed by atoms with Crippen LogP contribution >= 0.6 is 0 Å². The molecule has 3 heteroatoms. The molecule has 1 aromatic rings. The summed E-state index contributed by atoms with van der Waals surface area (Å²) >= 11 is 0. The van der Waals surface area contributed by atoms with Crippen LogP contribution in [0.5, 0.6) is 0 Å². The largest absolute Gasteiger partial charge is 0.376 e. The standard InChI is InChI=1S/C16H25NO2/c1-13(10-17)15-7-5-14(6-8-15)11-18-12-16-4-2-3-9-19-16/h5-8,13,16H,2-4,9-12,17H2,1H3. The van der Waals surface area contributed by atoms with E-state index in [1.54, 1.807) is 0 Å². The van der Waals surface area contributed by atoms with Crippen LogP contribution in [-0.4, -0.2) is 25.9 Å². The normalized spacial score (nSPS) is 21.3. The fourth-order valence-corrected chi connectivity index (χ4v) is 2.33. The first kappa shape index (κ1) is 14.5. The Bertz CT molecular complexity index is 358. The van der Waals surface area contributed by atoms with Crippen molar-refractivity contribution < 1.29 is 9.47 Å². The van der Waals surface area contributed by atoms with E-state index < -0.39 is 0 Å². The van der Waals surface area contributed by atoms with Crippen LogP contribution in [0.4, 0.5) is 0 Å². The molecule has 0 radical (unpaired) electrons. The van der Waals surface area contributed by atoms with Gasteiger partial charge in [-0.2, -0.15) is 0 Å². The first-order chi connectivity index (χ1) is 9.29. The molecular formula is C16H25NO2. The van der Waals surface area contributed by atoms with Gasteiger partial charge in [-0.15, -0.1) is 0 Å². The summed E-state index contributed by atoms with van der Waals surface area (Å²) in [6.07, 6.45) is 3.88. The average molecular weight is 263 g/mol. The summed E-state index contributed by atoms with van der Waals surface area (Å²) in [5.74, 6) is 0.422. The van der Waals surface area contributed by atoms with Gasteiger partial charge in [-0.25, -0.2) is 0 Å². The third-order valence-corrected chi connectivity index (χ3v) is 3.75. The highest BCUT2D eigenvalue weighted by Crippen LogP contribution is 2.16. The van der Waals surface area contributed by atoms with Crippen molar-refractivity contribution in [1.29, 1.82) is 0 Å².